The van der Waals surface area contributed by atoms with Crippen LogP contribution in [-0.2, 0) is 11.3 Å². The van der Waals surface area contributed by atoms with E-state index in [2.05, 4.69) is 10.6 Å². The fourth-order valence-corrected chi connectivity index (χ4v) is 2.58. The Morgan fingerprint density at radius 3 is 2.90 bits per heavy atom. The predicted molar refractivity (Wildman–Crippen MR) is 81.3 cm³/mol. The molecular formula is C15H18ClFN2O2. The van der Waals surface area contributed by atoms with Crippen LogP contribution >= 0.6 is 12.4 Å². The van der Waals surface area contributed by atoms with E-state index in [1.807, 2.05) is 31.2 Å². The van der Waals surface area contributed by atoms with E-state index in [0.29, 0.717) is 6.54 Å². The Morgan fingerprint density at radius 2 is 2.24 bits per heavy atom. The molecule has 21 heavy (non-hydrogen) atoms. The van der Waals surface area contributed by atoms with Gasteiger partial charge in [-0.05, 0) is 13.0 Å². The molecular weight excluding hydrogens is 295 g/mol. The molecule has 2 aromatic rings. The quantitative estimate of drug-likeness (QED) is 0.915. The first-order valence-corrected chi connectivity index (χ1v) is 6.77. The Labute approximate surface area is 128 Å². The number of hydrogen-bond donors (Lipinski definition) is 2. The molecule has 114 valence electrons. The Bertz CT molecular complexity index is 644. The van der Waals surface area contributed by atoms with Crippen molar-refractivity contribution >= 4 is 29.3 Å². The van der Waals surface area contributed by atoms with Crippen molar-refractivity contribution in [3.05, 3.63) is 35.6 Å². The minimum Gasteiger partial charge on any atom is -0.459 e. The lowest BCUT2D eigenvalue weighted by Gasteiger charge is -2.10. The molecule has 6 heteroatoms. The number of halogens is 2. The molecule has 2 N–H and O–H groups in total. The number of hydrogen-bond acceptors (Lipinski definition) is 3. The van der Waals surface area contributed by atoms with Crippen molar-refractivity contribution in [2.75, 3.05) is 6.54 Å². The summed E-state index contributed by atoms with van der Waals surface area (Å²) in [6.45, 7) is 2.55. The smallest absolute Gasteiger partial charge is 0.237 e. The van der Waals surface area contributed by atoms with Crippen LogP contribution in [-0.4, -0.2) is 24.7 Å². The number of furan rings is 1. The summed E-state index contributed by atoms with van der Waals surface area (Å²) in [6, 6.07) is 7.33. The maximum Gasteiger partial charge on any atom is 0.237 e. The lowest BCUT2D eigenvalue weighted by molar-refractivity contribution is -0.123. The van der Waals surface area contributed by atoms with Gasteiger partial charge in [0.05, 0.1) is 12.6 Å². The third-order valence-electron chi connectivity index (χ3n) is 3.76. The van der Waals surface area contributed by atoms with Crippen LogP contribution in [0.4, 0.5) is 4.39 Å². The molecule has 1 saturated heterocycles. The molecule has 1 aliphatic heterocycles. The second-order valence-corrected chi connectivity index (χ2v) is 5.16. The van der Waals surface area contributed by atoms with Crippen molar-refractivity contribution in [2.45, 2.75) is 32.1 Å². The molecule has 0 unspecified atom stereocenters. The van der Waals surface area contributed by atoms with Gasteiger partial charge in [0.2, 0.25) is 5.91 Å². The Kier molecular flexibility index (Phi) is 4.85. The molecule has 3 rings (SSSR count). The molecule has 2 heterocycles. The highest BCUT2D eigenvalue weighted by Gasteiger charge is 2.29. The van der Waals surface area contributed by atoms with Gasteiger partial charge in [0.25, 0.3) is 0 Å². The normalized spacial score (nSPS) is 21.2. The summed E-state index contributed by atoms with van der Waals surface area (Å²) in [5.41, 5.74) is 1.85. The number of benzene rings is 1. The minimum absolute atomic E-state index is 0. The van der Waals surface area contributed by atoms with Crippen LogP contribution in [0.5, 0.6) is 0 Å². The zero-order valence-electron chi connectivity index (χ0n) is 11.7. The number of para-hydroxylation sites is 1. The molecule has 0 radical (unpaired) electrons. The van der Waals surface area contributed by atoms with Crippen LogP contribution in [0, 0.1) is 6.92 Å². The fourth-order valence-electron chi connectivity index (χ4n) is 2.58. The van der Waals surface area contributed by atoms with Crippen LogP contribution in [0.25, 0.3) is 11.0 Å². The molecule has 2 atom stereocenters. The highest BCUT2D eigenvalue weighted by Crippen LogP contribution is 2.24. The Balaban J connectivity index is 0.00000161. The zero-order chi connectivity index (χ0) is 14.1. The maximum absolute atomic E-state index is 13.0. The summed E-state index contributed by atoms with van der Waals surface area (Å²) >= 11 is 0. The number of nitrogens with one attached hydrogen (secondary N) is 2. The highest BCUT2D eigenvalue weighted by atomic mass is 35.5. The van der Waals surface area contributed by atoms with Crippen LogP contribution in [0.15, 0.2) is 28.7 Å². The zero-order valence-corrected chi connectivity index (χ0v) is 12.5. The van der Waals surface area contributed by atoms with Crippen molar-refractivity contribution in [1.82, 2.24) is 10.6 Å². The highest BCUT2D eigenvalue weighted by molar-refractivity contribution is 5.85. The topological polar surface area (TPSA) is 54.3 Å². The van der Waals surface area contributed by atoms with E-state index < -0.39 is 12.2 Å². The first-order valence-electron chi connectivity index (χ1n) is 6.77. The number of aryl methyl sites for hydroxylation is 1. The first kappa shape index (κ1) is 15.8. The van der Waals surface area contributed by atoms with Gasteiger partial charge in [0.15, 0.2) is 0 Å². The first-order chi connectivity index (χ1) is 9.65. The molecule has 0 saturated carbocycles. The standard InChI is InChI=1S/C15H17FN2O2.ClH/c1-9-11-4-2-3-5-13(11)20-14(9)8-18-15(19)12-6-10(16)7-17-12;/h2-5,10,12,17H,6-8H2,1H3,(H,18,19);1H/t10-,12+;/m0./s1. The number of carbonyl (C=O) groups excluding carboxylic acids is 1. The van der Waals surface area contributed by atoms with Gasteiger partial charge in [-0.2, -0.15) is 0 Å². The molecule has 1 fully saturated rings. The van der Waals surface area contributed by atoms with Crippen LogP contribution < -0.4 is 10.6 Å². The van der Waals surface area contributed by atoms with Crippen LogP contribution in [0.2, 0.25) is 0 Å². The van der Waals surface area contributed by atoms with Crippen molar-refractivity contribution in [2.24, 2.45) is 0 Å². The van der Waals surface area contributed by atoms with Gasteiger partial charge in [0, 0.05) is 23.9 Å². The van der Waals surface area contributed by atoms with Crippen molar-refractivity contribution < 1.29 is 13.6 Å². The second kappa shape index (κ2) is 6.45. The number of carbonyl (C=O) groups is 1. The monoisotopic (exact) mass is 312 g/mol. The third kappa shape index (κ3) is 3.19. The Hall–Kier alpha value is -1.59. The number of alkyl halides is 1. The molecule has 0 spiro atoms. The van der Waals surface area contributed by atoms with Gasteiger partial charge in [-0.3, -0.25) is 4.79 Å². The van der Waals surface area contributed by atoms with Crippen molar-refractivity contribution in [3.8, 4) is 0 Å². The van der Waals surface area contributed by atoms with E-state index in [9.17, 15) is 9.18 Å². The van der Waals surface area contributed by atoms with Gasteiger partial charge in [-0.25, -0.2) is 4.39 Å². The molecule has 0 aliphatic carbocycles. The van der Waals surface area contributed by atoms with E-state index in [1.54, 1.807) is 0 Å². The summed E-state index contributed by atoms with van der Waals surface area (Å²) in [7, 11) is 0. The maximum atomic E-state index is 13.0. The molecule has 4 nitrogen and oxygen atoms in total. The third-order valence-corrected chi connectivity index (χ3v) is 3.76. The van der Waals surface area contributed by atoms with Crippen LogP contribution in [0.1, 0.15) is 17.7 Å². The van der Waals surface area contributed by atoms with E-state index >= 15 is 0 Å². The fraction of sp³-hybridized carbons (Fsp3) is 0.400. The number of fused-ring (bicyclic) bond motifs is 1. The number of rotatable bonds is 3. The van der Waals surface area contributed by atoms with E-state index in [0.717, 1.165) is 22.3 Å². The van der Waals surface area contributed by atoms with Gasteiger partial charge >= 0.3 is 0 Å². The SMILES string of the molecule is Cc1c(CNC(=O)[C@H]2C[C@H](F)CN2)oc2ccccc12.Cl. The molecule has 1 amide bonds. The van der Waals surface area contributed by atoms with Gasteiger partial charge in [-0.1, -0.05) is 18.2 Å². The average Bonchev–Trinajstić information content (AvgIpc) is 3.01. The summed E-state index contributed by atoms with van der Waals surface area (Å²) in [5.74, 6) is 0.569. The van der Waals surface area contributed by atoms with Gasteiger partial charge in [-0.15, -0.1) is 12.4 Å². The second-order valence-electron chi connectivity index (χ2n) is 5.16. The molecule has 0 bridgehead atoms. The van der Waals surface area contributed by atoms with Gasteiger partial charge in [0.1, 0.15) is 17.5 Å². The lowest BCUT2D eigenvalue weighted by atomic mass is 10.1. The van der Waals surface area contributed by atoms with Crippen LogP contribution in [0.3, 0.4) is 0 Å². The molecule has 1 aliphatic rings. The summed E-state index contributed by atoms with van der Waals surface area (Å²) in [6.07, 6.45) is -0.691. The minimum atomic E-state index is -0.932. The molecule has 1 aromatic heterocycles. The van der Waals surface area contributed by atoms with E-state index in [4.69, 9.17) is 4.42 Å². The lowest BCUT2D eigenvalue weighted by Crippen LogP contribution is -2.40. The Morgan fingerprint density at radius 1 is 1.48 bits per heavy atom. The van der Waals surface area contributed by atoms with Gasteiger partial charge < -0.3 is 15.1 Å². The molecule has 1 aromatic carbocycles. The largest absolute Gasteiger partial charge is 0.459 e. The summed E-state index contributed by atoms with van der Waals surface area (Å²) < 4.78 is 18.8. The summed E-state index contributed by atoms with van der Waals surface area (Å²) in [5, 5.41) is 6.72. The average molecular weight is 313 g/mol. The predicted octanol–water partition coefficient (Wildman–Crippen LogP) is 2.48. The van der Waals surface area contributed by atoms with Crippen molar-refractivity contribution in [3.63, 3.8) is 0 Å². The summed E-state index contributed by atoms with van der Waals surface area (Å²) in [4.78, 5) is 11.9. The van der Waals surface area contributed by atoms with E-state index in [1.165, 1.54) is 0 Å². The van der Waals surface area contributed by atoms with Crippen molar-refractivity contribution in [1.29, 1.82) is 0 Å². The number of amides is 1. The van der Waals surface area contributed by atoms with E-state index in [-0.39, 0.29) is 31.3 Å².